The molecule has 0 aliphatic carbocycles. The van der Waals surface area contributed by atoms with E-state index >= 15 is 0 Å². The van der Waals surface area contributed by atoms with E-state index in [2.05, 4.69) is 26.0 Å². The second-order valence-corrected chi connectivity index (χ2v) is 3.79. The number of hydrogen-bond donors (Lipinski definition) is 3. The first-order valence-electron chi connectivity index (χ1n) is 3.92. The minimum Gasteiger partial charge on any atom is -0.394 e. The highest BCUT2D eigenvalue weighted by Crippen LogP contribution is 2.26. The summed E-state index contributed by atoms with van der Waals surface area (Å²) in [6, 6.07) is -0.905. The largest absolute Gasteiger partial charge is 0.394 e. The molecule has 0 radical (unpaired) electrons. The highest BCUT2D eigenvalue weighted by atomic mass is 79.9. The van der Waals surface area contributed by atoms with Crippen molar-refractivity contribution in [1.29, 1.82) is 0 Å². The number of rotatable bonds is 2. The number of azide groups is 1. The Morgan fingerprint density at radius 3 is 2.57 bits per heavy atom. The van der Waals surface area contributed by atoms with Gasteiger partial charge in [0.05, 0.1) is 12.7 Å². The zero-order valence-electron chi connectivity index (χ0n) is 7.06. The Labute approximate surface area is 88.1 Å². The highest BCUT2D eigenvalue weighted by Gasteiger charge is 2.42. The van der Waals surface area contributed by atoms with Crippen molar-refractivity contribution in [2.45, 2.75) is 29.4 Å². The number of ether oxygens (including phenoxy) is 1. The van der Waals surface area contributed by atoms with E-state index in [1.807, 2.05) is 0 Å². The summed E-state index contributed by atoms with van der Waals surface area (Å²) < 4.78 is 5.08. The van der Waals surface area contributed by atoms with Crippen LogP contribution in [0, 0.1) is 0 Å². The molecular weight excluding hydrogens is 258 g/mol. The van der Waals surface area contributed by atoms with Crippen LogP contribution in [0.15, 0.2) is 5.11 Å². The Morgan fingerprint density at radius 1 is 1.43 bits per heavy atom. The van der Waals surface area contributed by atoms with Crippen molar-refractivity contribution in [1.82, 2.24) is 0 Å². The lowest BCUT2D eigenvalue weighted by Crippen LogP contribution is -2.55. The summed E-state index contributed by atoms with van der Waals surface area (Å²) in [5.41, 5.74) is 8.20. The molecule has 3 N–H and O–H groups in total. The summed E-state index contributed by atoms with van der Waals surface area (Å²) in [5, 5.41) is 30.3. The molecule has 0 spiro atoms. The zero-order valence-corrected chi connectivity index (χ0v) is 8.65. The third kappa shape index (κ3) is 2.17. The van der Waals surface area contributed by atoms with E-state index < -0.39 is 36.0 Å². The summed E-state index contributed by atoms with van der Waals surface area (Å²) >= 11 is 3.04. The van der Waals surface area contributed by atoms with Gasteiger partial charge in [-0.25, -0.2) is 0 Å². The molecule has 5 atom stereocenters. The Bertz CT molecular complexity index is 247. The van der Waals surface area contributed by atoms with E-state index in [9.17, 15) is 10.2 Å². The average molecular weight is 268 g/mol. The fraction of sp³-hybridized carbons (Fsp3) is 1.00. The minimum absolute atomic E-state index is 0.413. The summed E-state index contributed by atoms with van der Waals surface area (Å²) in [6.07, 6.45) is -3.38. The Morgan fingerprint density at radius 2 is 2.07 bits per heavy atom. The second-order valence-electron chi connectivity index (χ2n) is 2.88. The van der Waals surface area contributed by atoms with Crippen molar-refractivity contribution in [2.24, 2.45) is 5.11 Å². The molecule has 80 valence electrons. The van der Waals surface area contributed by atoms with Gasteiger partial charge in [0.1, 0.15) is 23.3 Å². The number of aliphatic hydroxyl groups excluding tert-OH is 3. The first-order chi connectivity index (χ1) is 6.61. The molecule has 1 aliphatic rings. The molecular formula is C6H10BrN3O4. The standard InChI is InChI=1S/C6H10BrN3O4/c7-6-3(9-10-8)5(13)4(12)2(1-11)14-6/h2-6,11-13H,1H2/t2-,3?,4?,5?,6?/m1/s1. The maximum Gasteiger partial charge on any atom is 0.124 e. The van der Waals surface area contributed by atoms with Gasteiger partial charge < -0.3 is 20.1 Å². The molecule has 1 rings (SSSR count). The fourth-order valence-corrected chi connectivity index (χ4v) is 1.93. The number of hydrogen-bond acceptors (Lipinski definition) is 5. The molecule has 1 saturated heterocycles. The summed E-state index contributed by atoms with van der Waals surface area (Å²) in [7, 11) is 0. The van der Waals surface area contributed by atoms with Gasteiger partial charge in [0, 0.05) is 4.91 Å². The molecule has 1 aliphatic heterocycles. The van der Waals surface area contributed by atoms with Gasteiger partial charge in [0.15, 0.2) is 0 Å². The smallest absolute Gasteiger partial charge is 0.124 e. The topological polar surface area (TPSA) is 119 Å². The van der Waals surface area contributed by atoms with Gasteiger partial charge >= 0.3 is 0 Å². The minimum atomic E-state index is -1.26. The molecule has 0 aromatic rings. The Kier molecular flexibility index (Phi) is 4.11. The van der Waals surface area contributed by atoms with Crippen LogP contribution in [0.5, 0.6) is 0 Å². The summed E-state index contributed by atoms with van der Waals surface area (Å²) in [6.45, 7) is -0.413. The van der Waals surface area contributed by atoms with E-state index in [1.165, 1.54) is 0 Å². The van der Waals surface area contributed by atoms with Gasteiger partial charge in [-0.2, -0.15) is 0 Å². The summed E-state index contributed by atoms with van der Waals surface area (Å²) in [4.78, 5) is 2.53. The summed E-state index contributed by atoms with van der Waals surface area (Å²) in [5.74, 6) is 0. The normalized spacial score (nSPS) is 43.0. The fourth-order valence-electron chi connectivity index (χ4n) is 1.24. The van der Waals surface area contributed by atoms with E-state index in [-0.39, 0.29) is 0 Å². The van der Waals surface area contributed by atoms with E-state index in [0.29, 0.717) is 0 Å². The quantitative estimate of drug-likeness (QED) is 0.270. The molecule has 8 heteroatoms. The third-order valence-electron chi connectivity index (χ3n) is 2.02. The number of halogens is 1. The number of alkyl halides is 1. The van der Waals surface area contributed by atoms with Crippen LogP contribution in [0.2, 0.25) is 0 Å². The monoisotopic (exact) mass is 267 g/mol. The lowest BCUT2D eigenvalue weighted by atomic mass is 9.99. The van der Waals surface area contributed by atoms with Crippen molar-refractivity contribution >= 4 is 15.9 Å². The molecule has 1 heterocycles. The van der Waals surface area contributed by atoms with Gasteiger partial charge in [-0.15, -0.1) is 0 Å². The Balaban J connectivity index is 2.78. The van der Waals surface area contributed by atoms with Crippen molar-refractivity contribution in [2.75, 3.05) is 6.61 Å². The van der Waals surface area contributed by atoms with Crippen molar-refractivity contribution < 1.29 is 20.1 Å². The first kappa shape index (κ1) is 11.7. The van der Waals surface area contributed by atoms with Crippen LogP contribution < -0.4 is 0 Å². The van der Waals surface area contributed by atoms with E-state index in [4.69, 9.17) is 15.4 Å². The van der Waals surface area contributed by atoms with Gasteiger partial charge in [-0.1, -0.05) is 21.0 Å². The van der Waals surface area contributed by atoms with Crippen molar-refractivity contribution in [3.8, 4) is 0 Å². The number of aliphatic hydroxyl groups is 3. The Hall–Kier alpha value is -0.370. The molecule has 0 aromatic carbocycles. The van der Waals surface area contributed by atoms with Gasteiger partial charge in [-0.3, -0.25) is 0 Å². The van der Waals surface area contributed by atoms with Crippen LogP contribution in [0.1, 0.15) is 0 Å². The third-order valence-corrected chi connectivity index (χ3v) is 2.78. The van der Waals surface area contributed by atoms with E-state index in [0.717, 1.165) is 0 Å². The van der Waals surface area contributed by atoms with Crippen LogP contribution in [0.4, 0.5) is 0 Å². The van der Waals surface area contributed by atoms with Crippen LogP contribution >= 0.6 is 15.9 Å². The zero-order chi connectivity index (χ0) is 10.7. The molecule has 4 unspecified atom stereocenters. The van der Waals surface area contributed by atoms with E-state index in [1.54, 1.807) is 0 Å². The SMILES string of the molecule is [N-]=[N+]=NC1C(Br)O[C@H](CO)C(O)C1O. The van der Waals surface area contributed by atoms with Crippen LogP contribution in [-0.4, -0.2) is 51.3 Å². The maximum absolute atomic E-state index is 9.50. The van der Waals surface area contributed by atoms with Crippen LogP contribution in [-0.2, 0) is 4.74 Å². The first-order valence-corrected chi connectivity index (χ1v) is 4.84. The lowest BCUT2D eigenvalue weighted by Gasteiger charge is -2.38. The van der Waals surface area contributed by atoms with Gasteiger partial charge in [0.2, 0.25) is 0 Å². The van der Waals surface area contributed by atoms with Crippen LogP contribution in [0.25, 0.3) is 10.4 Å². The molecule has 14 heavy (non-hydrogen) atoms. The van der Waals surface area contributed by atoms with Gasteiger partial charge in [0.25, 0.3) is 0 Å². The molecule has 0 bridgehead atoms. The predicted molar refractivity (Wildman–Crippen MR) is 49.6 cm³/mol. The molecule has 0 aromatic heterocycles. The lowest BCUT2D eigenvalue weighted by molar-refractivity contribution is -0.164. The molecule has 0 saturated carbocycles. The van der Waals surface area contributed by atoms with Crippen molar-refractivity contribution in [3.05, 3.63) is 10.4 Å². The molecule has 1 fully saturated rings. The number of nitrogens with zero attached hydrogens (tertiary/aromatic N) is 3. The second kappa shape index (κ2) is 4.92. The predicted octanol–water partition coefficient (Wildman–Crippen LogP) is -0.501. The maximum atomic E-state index is 9.50. The van der Waals surface area contributed by atoms with Crippen molar-refractivity contribution in [3.63, 3.8) is 0 Å². The molecule has 0 amide bonds. The molecule has 7 nitrogen and oxygen atoms in total. The van der Waals surface area contributed by atoms with Gasteiger partial charge in [-0.05, 0) is 5.53 Å². The highest BCUT2D eigenvalue weighted by molar-refractivity contribution is 9.09. The average Bonchev–Trinajstić information content (AvgIpc) is 2.18. The van der Waals surface area contributed by atoms with Crippen LogP contribution in [0.3, 0.4) is 0 Å².